The Kier molecular flexibility index (Phi) is 5.35. The van der Waals surface area contributed by atoms with E-state index in [1.54, 1.807) is 0 Å². The van der Waals surface area contributed by atoms with Gasteiger partial charge in [0, 0.05) is 24.7 Å². The number of nitro groups is 1. The summed E-state index contributed by atoms with van der Waals surface area (Å²) in [6, 6.07) is 2.76. The maximum atomic E-state index is 10.6. The number of nitrogens with zero attached hydrogens (tertiary/aromatic N) is 1. The number of aliphatic hydroxyl groups is 1. The van der Waals surface area contributed by atoms with Crippen LogP contribution in [-0.4, -0.2) is 23.2 Å². The summed E-state index contributed by atoms with van der Waals surface area (Å²) in [4.78, 5) is 10.1. The summed E-state index contributed by atoms with van der Waals surface area (Å²) in [6.45, 7) is 2.21. The topological polar surface area (TPSA) is 72.6 Å². The molecule has 0 saturated carbocycles. The molecular formula is C10H11Br2NO4. The van der Waals surface area contributed by atoms with E-state index < -0.39 is 4.92 Å². The minimum Gasteiger partial charge on any atom is -0.491 e. The van der Waals surface area contributed by atoms with Gasteiger partial charge in [0.1, 0.15) is 5.75 Å². The van der Waals surface area contributed by atoms with E-state index in [0.717, 1.165) is 0 Å². The number of ether oxygens (including phenoxy) is 1. The number of hydrogen-bond acceptors (Lipinski definition) is 4. The van der Waals surface area contributed by atoms with Gasteiger partial charge in [-0.05, 0) is 31.9 Å². The van der Waals surface area contributed by atoms with Crippen molar-refractivity contribution in [2.45, 2.75) is 6.92 Å². The molecule has 0 saturated heterocycles. The Hall–Kier alpha value is -0.660. The molecule has 0 radical (unpaired) electrons. The summed E-state index contributed by atoms with van der Waals surface area (Å²) in [5.41, 5.74) is -0.0219. The Morgan fingerprint density at radius 1 is 1.47 bits per heavy atom. The summed E-state index contributed by atoms with van der Waals surface area (Å²) in [5, 5.41) is 19.5. The van der Waals surface area contributed by atoms with Crippen LogP contribution in [0.15, 0.2) is 21.1 Å². The lowest BCUT2D eigenvalue weighted by Gasteiger charge is -2.13. The highest BCUT2D eigenvalue weighted by Gasteiger charge is 2.15. The third-order valence-corrected chi connectivity index (χ3v) is 3.20. The first-order valence-corrected chi connectivity index (χ1v) is 6.41. The Morgan fingerprint density at radius 3 is 2.41 bits per heavy atom. The highest BCUT2D eigenvalue weighted by atomic mass is 79.9. The molecule has 1 N–H and O–H groups in total. The van der Waals surface area contributed by atoms with Gasteiger partial charge >= 0.3 is 0 Å². The largest absolute Gasteiger partial charge is 0.491 e. The van der Waals surface area contributed by atoms with Crippen molar-refractivity contribution in [2.75, 3.05) is 13.2 Å². The molecule has 0 fully saturated rings. The first-order chi connectivity index (χ1) is 7.95. The molecule has 1 atom stereocenters. The van der Waals surface area contributed by atoms with Crippen molar-refractivity contribution in [1.82, 2.24) is 0 Å². The second-order valence-corrected chi connectivity index (χ2v) is 5.30. The zero-order valence-electron chi connectivity index (χ0n) is 9.02. The molecule has 7 heteroatoms. The molecule has 0 aliphatic rings. The van der Waals surface area contributed by atoms with E-state index in [-0.39, 0.29) is 18.2 Å². The van der Waals surface area contributed by atoms with Crippen molar-refractivity contribution >= 4 is 37.5 Å². The minimum atomic E-state index is -0.477. The number of hydrogen-bond donors (Lipinski definition) is 1. The van der Waals surface area contributed by atoms with Gasteiger partial charge in [-0.15, -0.1) is 0 Å². The number of halogens is 2. The van der Waals surface area contributed by atoms with Gasteiger partial charge in [0.15, 0.2) is 0 Å². The molecule has 0 heterocycles. The van der Waals surface area contributed by atoms with Gasteiger partial charge in [0.05, 0.1) is 20.5 Å². The first-order valence-electron chi connectivity index (χ1n) is 4.82. The molecule has 0 spiro atoms. The lowest BCUT2D eigenvalue weighted by Crippen LogP contribution is -2.12. The molecule has 0 aliphatic carbocycles. The van der Waals surface area contributed by atoms with Crippen LogP contribution in [0.1, 0.15) is 6.92 Å². The highest BCUT2D eigenvalue weighted by molar-refractivity contribution is 9.11. The Labute approximate surface area is 115 Å². The van der Waals surface area contributed by atoms with Crippen LogP contribution < -0.4 is 4.74 Å². The molecule has 0 bridgehead atoms. The summed E-state index contributed by atoms with van der Waals surface area (Å²) in [6.07, 6.45) is 0. The van der Waals surface area contributed by atoms with Gasteiger partial charge in [-0.3, -0.25) is 10.1 Å². The average molecular weight is 369 g/mol. The van der Waals surface area contributed by atoms with E-state index in [4.69, 9.17) is 9.84 Å². The fraction of sp³-hybridized carbons (Fsp3) is 0.400. The molecular weight excluding hydrogens is 358 g/mol. The second kappa shape index (κ2) is 6.32. The van der Waals surface area contributed by atoms with Crippen LogP contribution in [0.5, 0.6) is 5.75 Å². The summed E-state index contributed by atoms with van der Waals surface area (Å²) in [5.74, 6) is 0.500. The van der Waals surface area contributed by atoms with Crippen molar-refractivity contribution in [3.05, 3.63) is 31.2 Å². The maximum absolute atomic E-state index is 10.6. The van der Waals surface area contributed by atoms with Gasteiger partial charge in [-0.2, -0.15) is 0 Å². The SMILES string of the molecule is CC(CO)COc1c(Br)cc([N+](=O)[O-])cc1Br. The number of non-ortho nitro benzene ring substituents is 1. The molecule has 1 aromatic rings. The third kappa shape index (κ3) is 3.93. The molecule has 94 valence electrons. The van der Waals surface area contributed by atoms with Gasteiger partial charge in [-0.25, -0.2) is 0 Å². The summed E-state index contributed by atoms with van der Waals surface area (Å²) >= 11 is 6.43. The molecule has 0 aromatic heterocycles. The third-order valence-electron chi connectivity index (χ3n) is 2.02. The maximum Gasteiger partial charge on any atom is 0.271 e. The van der Waals surface area contributed by atoms with Crippen LogP contribution in [-0.2, 0) is 0 Å². The Bertz CT molecular complexity index is 402. The minimum absolute atomic E-state index is 0.00370. The molecule has 0 aliphatic heterocycles. The van der Waals surface area contributed by atoms with Gasteiger partial charge in [0.25, 0.3) is 5.69 Å². The highest BCUT2D eigenvalue weighted by Crippen LogP contribution is 2.37. The van der Waals surface area contributed by atoms with Gasteiger partial charge in [0.2, 0.25) is 0 Å². The van der Waals surface area contributed by atoms with Crippen molar-refractivity contribution < 1.29 is 14.8 Å². The van der Waals surface area contributed by atoms with Crippen LogP contribution in [0, 0.1) is 16.0 Å². The van der Waals surface area contributed by atoms with Gasteiger partial charge in [-0.1, -0.05) is 6.92 Å². The average Bonchev–Trinajstić information content (AvgIpc) is 2.27. The normalized spacial score (nSPS) is 12.2. The molecule has 0 amide bonds. The second-order valence-electron chi connectivity index (χ2n) is 3.59. The van der Waals surface area contributed by atoms with Crippen molar-refractivity contribution in [3.63, 3.8) is 0 Å². The quantitative estimate of drug-likeness (QED) is 0.640. The van der Waals surface area contributed by atoms with E-state index >= 15 is 0 Å². The predicted molar refractivity (Wildman–Crippen MR) is 70.2 cm³/mol. The number of nitro benzene ring substituents is 1. The standard InChI is InChI=1S/C10H11Br2NO4/c1-6(4-14)5-17-10-8(11)2-7(13(15)16)3-9(10)12/h2-3,6,14H,4-5H2,1H3. The van der Waals surface area contributed by atoms with E-state index in [2.05, 4.69) is 31.9 Å². The van der Waals surface area contributed by atoms with E-state index in [1.165, 1.54) is 12.1 Å². The number of benzene rings is 1. The van der Waals surface area contributed by atoms with Crippen LogP contribution in [0.3, 0.4) is 0 Å². The molecule has 1 aromatic carbocycles. The van der Waals surface area contributed by atoms with E-state index in [9.17, 15) is 10.1 Å². The van der Waals surface area contributed by atoms with Crippen molar-refractivity contribution in [2.24, 2.45) is 5.92 Å². The lowest BCUT2D eigenvalue weighted by atomic mass is 10.2. The summed E-state index contributed by atoms with van der Waals surface area (Å²) in [7, 11) is 0. The van der Waals surface area contributed by atoms with Gasteiger partial charge < -0.3 is 9.84 Å². The smallest absolute Gasteiger partial charge is 0.271 e. The lowest BCUT2D eigenvalue weighted by molar-refractivity contribution is -0.385. The fourth-order valence-corrected chi connectivity index (χ4v) is 2.46. The van der Waals surface area contributed by atoms with Crippen LogP contribution in [0.25, 0.3) is 0 Å². The van der Waals surface area contributed by atoms with Crippen LogP contribution in [0.2, 0.25) is 0 Å². The fourth-order valence-electron chi connectivity index (χ4n) is 1.07. The Morgan fingerprint density at radius 2 is 2.00 bits per heavy atom. The zero-order chi connectivity index (χ0) is 13.0. The van der Waals surface area contributed by atoms with Crippen molar-refractivity contribution in [1.29, 1.82) is 0 Å². The predicted octanol–water partition coefficient (Wildman–Crippen LogP) is 3.13. The van der Waals surface area contributed by atoms with E-state index in [1.807, 2.05) is 6.92 Å². The summed E-state index contributed by atoms with van der Waals surface area (Å²) < 4.78 is 6.49. The first kappa shape index (κ1) is 14.4. The van der Waals surface area contributed by atoms with Crippen molar-refractivity contribution in [3.8, 4) is 5.75 Å². The molecule has 5 nitrogen and oxygen atoms in total. The van der Waals surface area contributed by atoms with Crippen LogP contribution >= 0.6 is 31.9 Å². The molecule has 17 heavy (non-hydrogen) atoms. The monoisotopic (exact) mass is 367 g/mol. The zero-order valence-corrected chi connectivity index (χ0v) is 12.2. The Balaban J connectivity index is 2.90. The van der Waals surface area contributed by atoms with E-state index in [0.29, 0.717) is 21.3 Å². The molecule has 1 rings (SSSR count). The number of aliphatic hydroxyl groups excluding tert-OH is 1. The molecule has 1 unspecified atom stereocenters. The number of rotatable bonds is 5. The van der Waals surface area contributed by atoms with Crippen LogP contribution in [0.4, 0.5) is 5.69 Å².